The number of ether oxygens (including phenoxy) is 3. The Balaban J connectivity index is 2.83. The number of methoxy groups -OCH3 is 2. The number of rotatable bonds is 15. The monoisotopic (exact) mass is 480 g/mol. The van der Waals surface area contributed by atoms with Crippen molar-refractivity contribution < 1.29 is 27.7 Å². The highest BCUT2D eigenvalue weighted by Gasteiger charge is 2.26. The van der Waals surface area contributed by atoms with Crippen molar-refractivity contribution in [3.05, 3.63) is 23.8 Å². The van der Waals surface area contributed by atoms with Crippen molar-refractivity contribution in [2.45, 2.75) is 45.3 Å². The molecule has 3 N–H and O–H groups in total. The molecule has 0 aliphatic carbocycles. The molecule has 0 heterocycles. The molecule has 0 fully saturated rings. The van der Waals surface area contributed by atoms with Crippen LogP contribution in [0.2, 0.25) is 0 Å². The Morgan fingerprint density at radius 2 is 1.87 bits per heavy atom. The highest BCUT2D eigenvalue weighted by molar-refractivity contribution is 7.89. The normalized spacial score (nSPS) is 15.2. The molecule has 0 saturated heterocycles. The van der Waals surface area contributed by atoms with E-state index in [9.17, 15) is 13.5 Å². The first-order chi connectivity index (χ1) is 14.5. The van der Waals surface area contributed by atoms with Gasteiger partial charge in [0.2, 0.25) is 10.0 Å². The molecule has 8 nitrogen and oxygen atoms in total. The maximum atomic E-state index is 11.5. The van der Waals surface area contributed by atoms with E-state index in [1.165, 1.54) is 0 Å². The lowest BCUT2D eigenvalue weighted by atomic mass is 9.83. The van der Waals surface area contributed by atoms with Crippen LogP contribution in [0.15, 0.2) is 18.2 Å². The summed E-state index contributed by atoms with van der Waals surface area (Å²) >= 11 is 5.73. The van der Waals surface area contributed by atoms with Crippen LogP contribution in [0.25, 0.3) is 0 Å². The quantitative estimate of drug-likeness (QED) is 0.293. The van der Waals surface area contributed by atoms with E-state index in [4.69, 9.17) is 31.7 Å². The molecule has 0 aliphatic heterocycles. The summed E-state index contributed by atoms with van der Waals surface area (Å²) in [5, 5.41) is 10.3. The lowest BCUT2D eigenvalue weighted by Gasteiger charge is -2.28. The van der Waals surface area contributed by atoms with Crippen LogP contribution in [-0.2, 0) is 21.2 Å². The van der Waals surface area contributed by atoms with Gasteiger partial charge in [0, 0.05) is 26.2 Å². The van der Waals surface area contributed by atoms with Gasteiger partial charge in [0.25, 0.3) is 0 Å². The van der Waals surface area contributed by atoms with E-state index in [-0.39, 0.29) is 12.5 Å². The minimum atomic E-state index is -3.60. The Bertz CT molecular complexity index is 762. The van der Waals surface area contributed by atoms with Gasteiger partial charge in [-0.3, -0.25) is 0 Å². The second-order valence-corrected chi connectivity index (χ2v) is 10.6. The van der Waals surface area contributed by atoms with Crippen LogP contribution in [0.4, 0.5) is 0 Å². The molecule has 0 bridgehead atoms. The molecule has 3 atom stereocenters. The first-order valence-corrected chi connectivity index (χ1v) is 12.5. The van der Waals surface area contributed by atoms with E-state index < -0.39 is 22.2 Å². The Labute approximate surface area is 191 Å². The number of nitrogens with two attached hydrogens (primary N) is 1. The van der Waals surface area contributed by atoms with E-state index in [1.54, 1.807) is 14.2 Å². The number of benzene rings is 1. The van der Waals surface area contributed by atoms with E-state index in [1.807, 2.05) is 18.2 Å². The third kappa shape index (κ3) is 9.93. The third-order valence-electron chi connectivity index (χ3n) is 5.18. The zero-order valence-electron chi connectivity index (χ0n) is 19.1. The topological polar surface area (TPSA) is 111 Å². The second-order valence-electron chi connectivity index (χ2n) is 8.09. The van der Waals surface area contributed by atoms with Gasteiger partial charge in [-0.25, -0.2) is 8.42 Å². The van der Waals surface area contributed by atoms with Gasteiger partial charge in [-0.15, -0.1) is 3.82 Å². The molecule has 1 rings (SSSR count). The fourth-order valence-electron chi connectivity index (χ4n) is 3.16. The van der Waals surface area contributed by atoms with Crippen molar-refractivity contribution in [3.8, 4) is 11.5 Å². The van der Waals surface area contributed by atoms with Gasteiger partial charge >= 0.3 is 0 Å². The van der Waals surface area contributed by atoms with Crippen molar-refractivity contribution in [2.24, 2.45) is 17.6 Å². The van der Waals surface area contributed by atoms with Crippen LogP contribution >= 0.6 is 11.8 Å². The molecule has 1 aromatic carbocycles. The first-order valence-electron chi connectivity index (χ1n) is 10.3. The maximum Gasteiger partial charge on any atom is 0.224 e. The summed E-state index contributed by atoms with van der Waals surface area (Å²) < 4.78 is 39.8. The molecule has 0 saturated carbocycles. The zero-order chi connectivity index (χ0) is 23.6. The highest BCUT2D eigenvalue weighted by Crippen LogP contribution is 2.31. The minimum Gasteiger partial charge on any atom is -0.493 e. The molecule has 31 heavy (non-hydrogen) atoms. The smallest absolute Gasteiger partial charge is 0.224 e. The van der Waals surface area contributed by atoms with Crippen molar-refractivity contribution in [3.63, 3.8) is 0 Å². The van der Waals surface area contributed by atoms with E-state index in [0.717, 1.165) is 24.7 Å². The standard InChI is InChI=1S/C21H37ClN2O6S/c1-15(2)17(13-18(23)19(25)14-24(22)31(5,26)27)11-16-7-8-20(29-4)21(12-16)30-10-6-9-28-3/h7-8,12,15,17-19,25H,6,9-11,13-14,23H2,1-5H3/t17-,18-,19-/m0/s1. The molecule has 1 aromatic rings. The molecule has 0 radical (unpaired) electrons. The summed E-state index contributed by atoms with van der Waals surface area (Å²) in [4.78, 5) is 0. The van der Waals surface area contributed by atoms with Crippen LogP contribution < -0.4 is 15.2 Å². The number of hydrogen-bond donors (Lipinski definition) is 2. The number of nitrogens with zero attached hydrogens (tertiary/aromatic N) is 1. The van der Waals surface area contributed by atoms with Gasteiger partial charge in [-0.1, -0.05) is 19.9 Å². The number of halogens is 1. The van der Waals surface area contributed by atoms with Gasteiger partial charge < -0.3 is 25.1 Å². The van der Waals surface area contributed by atoms with Crippen molar-refractivity contribution in [1.82, 2.24) is 3.82 Å². The van der Waals surface area contributed by atoms with Gasteiger partial charge in [-0.2, -0.15) is 0 Å². The van der Waals surface area contributed by atoms with Crippen LogP contribution in [-0.4, -0.2) is 69.7 Å². The minimum absolute atomic E-state index is 0.168. The van der Waals surface area contributed by atoms with Crippen LogP contribution in [0.1, 0.15) is 32.3 Å². The Kier molecular flexibility index (Phi) is 12.1. The largest absolute Gasteiger partial charge is 0.493 e. The van der Waals surface area contributed by atoms with Crippen LogP contribution in [0.3, 0.4) is 0 Å². The van der Waals surface area contributed by atoms with E-state index >= 15 is 0 Å². The molecular weight excluding hydrogens is 444 g/mol. The highest BCUT2D eigenvalue weighted by atomic mass is 35.5. The van der Waals surface area contributed by atoms with E-state index in [0.29, 0.717) is 40.9 Å². The summed E-state index contributed by atoms with van der Waals surface area (Å²) in [5.41, 5.74) is 7.25. The number of hydrogen-bond acceptors (Lipinski definition) is 7. The molecule has 10 heteroatoms. The van der Waals surface area contributed by atoms with Gasteiger partial charge in [0.1, 0.15) is 0 Å². The zero-order valence-corrected chi connectivity index (χ0v) is 20.7. The Morgan fingerprint density at radius 3 is 2.42 bits per heavy atom. The van der Waals surface area contributed by atoms with Crippen molar-refractivity contribution in [1.29, 1.82) is 0 Å². The predicted molar refractivity (Wildman–Crippen MR) is 123 cm³/mol. The van der Waals surface area contributed by atoms with Crippen LogP contribution in [0, 0.1) is 11.8 Å². The molecular formula is C21H37ClN2O6S. The summed E-state index contributed by atoms with van der Waals surface area (Å²) in [6, 6.07) is 5.22. The molecule has 180 valence electrons. The second kappa shape index (κ2) is 13.4. The molecule has 0 unspecified atom stereocenters. The molecule has 0 aliphatic rings. The van der Waals surface area contributed by atoms with Gasteiger partial charge in [0.05, 0.1) is 32.6 Å². The number of aliphatic hydroxyl groups excluding tert-OH is 1. The number of sulfonamides is 1. The summed E-state index contributed by atoms with van der Waals surface area (Å²) in [6.45, 7) is 5.08. The van der Waals surface area contributed by atoms with E-state index in [2.05, 4.69) is 13.8 Å². The summed E-state index contributed by atoms with van der Waals surface area (Å²) in [7, 11) is -0.342. The Morgan fingerprint density at radius 1 is 1.19 bits per heavy atom. The molecule has 0 spiro atoms. The lowest BCUT2D eigenvalue weighted by Crippen LogP contribution is -2.44. The van der Waals surface area contributed by atoms with Gasteiger partial charge in [-0.05, 0) is 54.2 Å². The number of aliphatic hydroxyl groups is 1. The summed E-state index contributed by atoms with van der Waals surface area (Å²) in [6.07, 6.45) is 1.93. The van der Waals surface area contributed by atoms with Crippen LogP contribution in [0.5, 0.6) is 11.5 Å². The Hall–Kier alpha value is -1.10. The average molecular weight is 481 g/mol. The summed E-state index contributed by atoms with van der Waals surface area (Å²) in [5.74, 6) is 1.81. The average Bonchev–Trinajstić information content (AvgIpc) is 2.69. The lowest BCUT2D eigenvalue weighted by molar-refractivity contribution is 0.118. The third-order valence-corrected chi connectivity index (χ3v) is 6.94. The molecule has 0 amide bonds. The SMILES string of the molecule is COCCCOc1cc(C[C@@H](C[C@H](N)[C@@H](O)CN(Cl)S(C)(=O)=O)C(C)C)ccc1OC. The van der Waals surface area contributed by atoms with Crippen molar-refractivity contribution >= 4 is 21.8 Å². The molecule has 0 aromatic heterocycles. The van der Waals surface area contributed by atoms with Crippen molar-refractivity contribution in [2.75, 3.05) is 40.2 Å². The fraction of sp³-hybridized carbons (Fsp3) is 0.714. The predicted octanol–water partition coefficient (Wildman–Crippen LogP) is 2.42. The fourth-order valence-corrected chi connectivity index (χ4v) is 3.73. The maximum absolute atomic E-state index is 11.5. The first kappa shape index (κ1) is 27.9. The van der Waals surface area contributed by atoms with Gasteiger partial charge in [0.15, 0.2) is 11.5 Å².